The number of nitrogens with one attached hydrogen (secondary N) is 1. The van der Waals surface area contributed by atoms with Crippen molar-refractivity contribution in [2.45, 2.75) is 79.0 Å². The van der Waals surface area contributed by atoms with Crippen LogP contribution in [0.15, 0.2) is 30.3 Å². The van der Waals surface area contributed by atoms with Crippen LogP contribution in [0.5, 0.6) is 0 Å². The van der Waals surface area contributed by atoms with Crippen molar-refractivity contribution in [3.8, 4) is 0 Å². The third kappa shape index (κ3) is 12.2. The molecule has 2 rings (SSSR count). The maximum absolute atomic E-state index is 12.2. The van der Waals surface area contributed by atoms with E-state index in [1.165, 1.54) is 19.1 Å². The summed E-state index contributed by atoms with van der Waals surface area (Å²) in [6.07, 6.45) is 3.80. The van der Waals surface area contributed by atoms with Crippen molar-refractivity contribution < 1.29 is 19.1 Å². The number of unbranched alkanes of at least 4 members (excludes halogenated alkanes) is 1. The summed E-state index contributed by atoms with van der Waals surface area (Å²) >= 11 is 0. The first-order chi connectivity index (χ1) is 15.7. The minimum Gasteiger partial charge on any atom is -0.467 e. The van der Waals surface area contributed by atoms with Gasteiger partial charge in [0.1, 0.15) is 6.04 Å². The van der Waals surface area contributed by atoms with Crippen molar-refractivity contribution in [2.75, 3.05) is 33.9 Å². The van der Waals surface area contributed by atoms with Crippen molar-refractivity contribution >= 4 is 11.9 Å². The van der Waals surface area contributed by atoms with Gasteiger partial charge in [-0.15, -0.1) is 0 Å². The quantitative estimate of drug-likeness (QED) is 0.426. The van der Waals surface area contributed by atoms with Gasteiger partial charge >= 0.3 is 5.97 Å². The van der Waals surface area contributed by atoms with E-state index >= 15 is 0 Å². The molecule has 0 saturated carbocycles. The van der Waals surface area contributed by atoms with Crippen LogP contribution in [0.3, 0.4) is 0 Å². The average Bonchev–Trinajstić information content (AvgIpc) is 3.31. The predicted octanol–water partition coefficient (Wildman–Crippen LogP) is 3.75. The number of benzene rings is 1. The second kappa shape index (κ2) is 17.5. The Hall–Kier alpha value is -1.96. The van der Waals surface area contributed by atoms with Gasteiger partial charge in [0, 0.05) is 13.2 Å². The van der Waals surface area contributed by atoms with Gasteiger partial charge < -0.3 is 25.4 Å². The second-order valence-corrected chi connectivity index (χ2v) is 8.91. The fourth-order valence-corrected chi connectivity index (χ4v) is 3.23. The summed E-state index contributed by atoms with van der Waals surface area (Å²) in [6.45, 7) is 13.0. The molecule has 1 amide bonds. The summed E-state index contributed by atoms with van der Waals surface area (Å²) in [6, 6.07) is 9.24. The van der Waals surface area contributed by atoms with E-state index in [0.717, 1.165) is 32.6 Å². The summed E-state index contributed by atoms with van der Waals surface area (Å²) in [5.41, 5.74) is 6.88. The number of nitrogens with two attached hydrogens (primary N) is 1. The van der Waals surface area contributed by atoms with Gasteiger partial charge in [-0.3, -0.25) is 4.79 Å². The van der Waals surface area contributed by atoms with E-state index in [1.807, 2.05) is 59.9 Å². The topological polar surface area (TPSA) is 93.9 Å². The lowest BCUT2D eigenvalue weighted by molar-refractivity contribution is -0.152. The minimum atomic E-state index is -0.590. The number of methoxy groups -OCH3 is 1. The zero-order valence-electron chi connectivity index (χ0n) is 21.9. The van der Waals surface area contributed by atoms with Gasteiger partial charge in [0.15, 0.2) is 0 Å². The maximum atomic E-state index is 12.2. The van der Waals surface area contributed by atoms with E-state index < -0.39 is 12.1 Å². The number of carbonyl (C=O) groups excluding carboxylic acids is 2. The molecule has 7 nitrogen and oxygen atoms in total. The van der Waals surface area contributed by atoms with Gasteiger partial charge in [-0.1, -0.05) is 65.0 Å². The molecule has 0 bridgehead atoms. The monoisotopic (exact) mass is 465 g/mol. The molecule has 1 saturated heterocycles. The summed E-state index contributed by atoms with van der Waals surface area (Å²) in [7, 11) is 3.32. The van der Waals surface area contributed by atoms with Gasteiger partial charge in [0.25, 0.3) is 0 Å². The van der Waals surface area contributed by atoms with E-state index in [2.05, 4.69) is 17.4 Å². The smallest absolute Gasteiger partial charge is 0.328 e. The molecule has 2 atom stereocenters. The predicted molar refractivity (Wildman–Crippen MR) is 135 cm³/mol. The van der Waals surface area contributed by atoms with Crippen LogP contribution in [0.4, 0.5) is 0 Å². The van der Waals surface area contributed by atoms with Crippen molar-refractivity contribution in [3.63, 3.8) is 0 Å². The lowest BCUT2D eigenvalue weighted by Gasteiger charge is -2.32. The Morgan fingerprint density at radius 2 is 1.82 bits per heavy atom. The normalized spacial score (nSPS) is 16.1. The standard InChI is InChI=1S/C12H22N2O3.C12H19NO.C2H6/c1-12(2,3)9(13)10(15)14-7-5-6-8(14)11(16)17-4;1-13-9-5-6-10-14-11-12-7-3-2-4-8-12;1-2/h8-9H,5-7,13H2,1-4H3;2-4,7-8,13H,5-6,9-11H2,1H3;1-2H3. The Morgan fingerprint density at radius 1 is 1.18 bits per heavy atom. The van der Waals surface area contributed by atoms with E-state index in [-0.39, 0.29) is 17.3 Å². The largest absolute Gasteiger partial charge is 0.467 e. The van der Waals surface area contributed by atoms with Crippen molar-refractivity contribution in [1.29, 1.82) is 0 Å². The Balaban J connectivity index is 0.000000586. The lowest BCUT2D eigenvalue weighted by atomic mass is 9.86. The van der Waals surface area contributed by atoms with Gasteiger partial charge in [-0.2, -0.15) is 0 Å². The van der Waals surface area contributed by atoms with Gasteiger partial charge in [0.05, 0.1) is 19.8 Å². The highest BCUT2D eigenvalue weighted by molar-refractivity contribution is 5.88. The Bertz CT molecular complexity index is 647. The molecule has 7 heteroatoms. The summed E-state index contributed by atoms with van der Waals surface area (Å²) in [4.78, 5) is 25.3. The summed E-state index contributed by atoms with van der Waals surface area (Å²) in [5.74, 6) is -0.512. The SMILES string of the molecule is CC.CNCCCCOCc1ccccc1.COC(=O)C1CCCN1C(=O)C(N)C(C)(C)C. The third-order valence-corrected chi connectivity index (χ3v) is 5.29. The number of carbonyl (C=O) groups is 2. The van der Waals surface area contributed by atoms with Crippen molar-refractivity contribution in [1.82, 2.24) is 10.2 Å². The van der Waals surface area contributed by atoms with Crippen LogP contribution in [-0.4, -0.2) is 62.7 Å². The highest BCUT2D eigenvalue weighted by atomic mass is 16.5. The Labute approximate surface area is 201 Å². The molecule has 1 heterocycles. The molecule has 1 aromatic rings. The molecule has 1 aromatic carbocycles. The first kappa shape index (κ1) is 31.0. The van der Waals surface area contributed by atoms with Crippen molar-refractivity contribution in [3.05, 3.63) is 35.9 Å². The number of hydrogen-bond acceptors (Lipinski definition) is 6. The number of hydrogen-bond donors (Lipinski definition) is 2. The van der Waals surface area contributed by atoms with E-state index in [9.17, 15) is 9.59 Å². The molecule has 0 radical (unpaired) electrons. The fourth-order valence-electron chi connectivity index (χ4n) is 3.23. The summed E-state index contributed by atoms with van der Waals surface area (Å²) in [5, 5.41) is 3.12. The number of amides is 1. The first-order valence-electron chi connectivity index (χ1n) is 12.1. The van der Waals surface area contributed by atoms with Crippen LogP contribution in [0.25, 0.3) is 0 Å². The van der Waals surface area contributed by atoms with Crippen LogP contribution in [0.1, 0.15) is 65.9 Å². The van der Waals surface area contributed by atoms with Gasteiger partial charge in [-0.25, -0.2) is 4.79 Å². The number of nitrogens with zero attached hydrogens (tertiary/aromatic N) is 1. The number of esters is 1. The van der Waals surface area contributed by atoms with Crippen LogP contribution < -0.4 is 11.1 Å². The van der Waals surface area contributed by atoms with Gasteiger partial charge in [0.2, 0.25) is 5.91 Å². The third-order valence-electron chi connectivity index (χ3n) is 5.29. The Kier molecular flexibility index (Phi) is 16.5. The maximum Gasteiger partial charge on any atom is 0.328 e. The van der Waals surface area contributed by atoms with E-state index in [1.54, 1.807) is 4.90 Å². The van der Waals surface area contributed by atoms with Crippen LogP contribution >= 0.6 is 0 Å². The molecular formula is C26H47N3O4. The molecule has 0 aromatic heterocycles. The molecular weight excluding hydrogens is 418 g/mol. The highest BCUT2D eigenvalue weighted by Crippen LogP contribution is 2.24. The molecule has 1 fully saturated rings. The van der Waals surface area contributed by atoms with E-state index in [4.69, 9.17) is 15.2 Å². The molecule has 190 valence electrons. The number of rotatable bonds is 9. The van der Waals surface area contributed by atoms with Crippen LogP contribution in [0.2, 0.25) is 0 Å². The molecule has 0 spiro atoms. The minimum absolute atomic E-state index is 0.162. The zero-order chi connectivity index (χ0) is 25.3. The summed E-state index contributed by atoms with van der Waals surface area (Å²) < 4.78 is 10.2. The molecule has 1 aliphatic heterocycles. The molecule has 3 N–H and O–H groups in total. The molecule has 1 aliphatic rings. The van der Waals surface area contributed by atoms with Crippen LogP contribution in [-0.2, 0) is 25.7 Å². The molecule has 2 unspecified atom stereocenters. The first-order valence-corrected chi connectivity index (χ1v) is 12.1. The number of ether oxygens (including phenoxy) is 2. The average molecular weight is 466 g/mol. The molecule has 33 heavy (non-hydrogen) atoms. The van der Waals surface area contributed by atoms with Crippen molar-refractivity contribution in [2.24, 2.45) is 11.1 Å². The Morgan fingerprint density at radius 3 is 2.36 bits per heavy atom. The van der Waals surface area contributed by atoms with Crippen LogP contribution in [0, 0.1) is 5.41 Å². The van der Waals surface area contributed by atoms with E-state index in [0.29, 0.717) is 13.0 Å². The molecule has 0 aliphatic carbocycles. The zero-order valence-corrected chi connectivity index (χ0v) is 21.9. The highest BCUT2D eigenvalue weighted by Gasteiger charge is 2.39. The number of likely N-dealkylation sites (tertiary alicyclic amines) is 1. The van der Waals surface area contributed by atoms with Gasteiger partial charge in [-0.05, 0) is 50.3 Å². The lowest BCUT2D eigenvalue weighted by Crippen LogP contribution is -2.53. The fraction of sp³-hybridized carbons (Fsp3) is 0.692. The second-order valence-electron chi connectivity index (χ2n) is 8.91.